The number of β-amino-alcohol motifs (C(OH)–C–C–N with tert-alkyl or cyclic N) is 1. The number of amides is 1. The molecule has 104 valence electrons. The van der Waals surface area contributed by atoms with Gasteiger partial charge in [0.15, 0.2) is 0 Å². The van der Waals surface area contributed by atoms with Crippen LogP contribution in [0.4, 0.5) is 4.39 Å². The van der Waals surface area contributed by atoms with Gasteiger partial charge in [-0.05, 0) is 48.4 Å². The number of carbonyl (C=O) groups excluding carboxylic acids is 1. The number of hydrogen-bond donors (Lipinski definition) is 1. The highest BCUT2D eigenvalue weighted by molar-refractivity contribution is 7.20. The van der Waals surface area contributed by atoms with Crippen LogP contribution in [0.3, 0.4) is 0 Å². The van der Waals surface area contributed by atoms with Crippen molar-refractivity contribution in [3.8, 4) is 0 Å². The first-order valence-electron chi connectivity index (χ1n) is 6.76. The number of aliphatic hydroxyl groups is 1. The van der Waals surface area contributed by atoms with Crippen LogP contribution < -0.4 is 0 Å². The number of thiophene rings is 1. The fraction of sp³-hybridized carbons (Fsp3) is 0.400. The van der Waals surface area contributed by atoms with Gasteiger partial charge in [0.25, 0.3) is 5.91 Å². The number of carbonyl (C=O) groups is 1. The zero-order valence-electron chi connectivity index (χ0n) is 10.8. The maximum absolute atomic E-state index is 13.2. The molecule has 1 aliphatic carbocycles. The standard InChI is InChI=1S/C15H14FNO2S/c16-11-3-4-12-9(5-11)6-13(20-12)14(18)17-7-15(19,8-17)10-1-2-10/h3-6,10,19H,1-2,7-8H2. The van der Waals surface area contributed by atoms with Crippen molar-refractivity contribution in [2.45, 2.75) is 18.4 Å². The van der Waals surface area contributed by atoms with Crippen molar-refractivity contribution in [1.29, 1.82) is 0 Å². The normalized spacial score (nSPS) is 21.0. The SMILES string of the molecule is O=C(c1cc2cc(F)ccc2s1)N1CC(O)(C2CC2)C1. The first kappa shape index (κ1) is 12.3. The summed E-state index contributed by atoms with van der Waals surface area (Å²) in [5.74, 6) is 0.0290. The summed E-state index contributed by atoms with van der Waals surface area (Å²) >= 11 is 1.38. The van der Waals surface area contributed by atoms with E-state index in [4.69, 9.17) is 0 Å². The molecular weight excluding hydrogens is 277 g/mol. The average Bonchev–Trinajstić information content (AvgIpc) is 3.15. The molecule has 0 bridgehead atoms. The van der Waals surface area contributed by atoms with Gasteiger partial charge in [0.1, 0.15) is 11.4 Å². The first-order chi connectivity index (χ1) is 9.55. The highest BCUT2D eigenvalue weighted by Crippen LogP contribution is 2.45. The molecule has 3 nitrogen and oxygen atoms in total. The Morgan fingerprint density at radius 3 is 2.80 bits per heavy atom. The van der Waals surface area contributed by atoms with Crippen LogP contribution in [-0.2, 0) is 0 Å². The summed E-state index contributed by atoms with van der Waals surface area (Å²) in [6.45, 7) is 0.859. The van der Waals surface area contributed by atoms with E-state index < -0.39 is 5.60 Å². The summed E-state index contributed by atoms with van der Waals surface area (Å²) in [6, 6.07) is 6.28. The minimum absolute atomic E-state index is 0.0584. The summed E-state index contributed by atoms with van der Waals surface area (Å²) in [5.41, 5.74) is -0.654. The van der Waals surface area contributed by atoms with Crippen molar-refractivity contribution in [2.24, 2.45) is 5.92 Å². The second-order valence-corrected chi connectivity index (χ2v) is 6.92. The zero-order chi connectivity index (χ0) is 13.9. The smallest absolute Gasteiger partial charge is 0.264 e. The molecule has 1 saturated heterocycles. The third kappa shape index (κ3) is 1.84. The van der Waals surface area contributed by atoms with Crippen LogP contribution in [0, 0.1) is 11.7 Å². The van der Waals surface area contributed by atoms with Crippen LogP contribution in [0.25, 0.3) is 10.1 Å². The molecule has 2 fully saturated rings. The van der Waals surface area contributed by atoms with E-state index in [1.165, 1.54) is 23.5 Å². The molecule has 0 unspecified atom stereocenters. The van der Waals surface area contributed by atoms with Crippen LogP contribution in [0.2, 0.25) is 0 Å². The monoisotopic (exact) mass is 291 g/mol. The van der Waals surface area contributed by atoms with Gasteiger partial charge in [0.05, 0.1) is 18.0 Å². The van der Waals surface area contributed by atoms with Gasteiger partial charge in [-0.15, -0.1) is 11.3 Å². The molecule has 0 atom stereocenters. The third-order valence-electron chi connectivity index (χ3n) is 4.24. The molecule has 4 rings (SSSR count). The van der Waals surface area contributed by atoms with Crippen LogP contribution in [0.1, 0.15) is 22.5 Å². The largest absolute Gasteiger partial charge is 0.386 e. The fourth-order valence-corrected chi connectivity index (χ4v) is 3.92. The first-order valence-corrected chi connectivity index (χ1v) is 7.58. The number of likely N-dealkylation sites (tertiary alicyclic amines) is 1. The predicted molar refractivity (Wildman–Crippen MR) is 75.4 cm³/mol. The molecule has 1 N–H and O–H groups in total. The molecule has 1 aromatic heterocycles. The summed E-state index contributed by atoms with van der Waals surface area (Å²) in [7, 11) is 0. The van der Waals surface area contributed by atoms with Crippen LogP contribution in [-0.4, -0.2) is 34.6 Å². The quantitative estimate of drug-likeness (QED) is 0.924. The van der Waals surface area contributed by atoms with Crippen LogP contribution in [0.5, 0.6) is 0 Å². The minimum atomic E-state index is -0.654. The lowest BCUT2D eigenvalue weighted by molar-refractivity contribution is -0.0956. The highest BCUT2D eigenvalue weighted by atomic mass is 32.1. The maximum atomic E-state index is 13.2. The zero-order valence-corrected chi connectivity index (χ0v) is 11.6. The lowest BCUT2D eigenvalue weighted by Gasteiger charge is -2.46. The third-order valence-corrected chi connectivity index (χ3v) is 5.35. The molecule has 2 aromatic rings. The Labute approximate surface area is 119 Å². The fourth-order valence-electron chi connectivity index (χ4n) is 2.91. The molecule has 5 heteroatoms. The Balaban J connectivity index is 1.55. The van der Waals surface area contributed by atoms with E-state index in [0.29, 0.717) is 23.9 Å². The molecule has 20 heavy (non-hydrogen) atoms. The average molecular weight is 291 g/mol. The summed E-state index contributed by atoms with van der Waals surface area (Å²) in [5, 5.41) is 11.0. The van der Waals surface area contributed by atoms with Gasteiger partial charge in [0, 0.05) is 4.70 Å². The maximum Gasteiger partial charge on any atom is 0.264 e. The minimum Gasteiger partial charge on any atom is -0.386 e. The second kappa shape index (κ2) is 4.02. The van der Waals surface area contributed by atoms with Gasteiger partial charge in [-0.2, -0.15) is 0 Å². The Morgan fingerprint density at radius 1 is 1.35 bits per heavy atom. The second-order valence-electron chi connectivity index (χ2n) is 5.83. The van der Waals surface area contributed by atoms with Crippen molar-refractivity contribution in [3.05, 3.63) is 35.0 Å². The van der Waals surface area contributed by atoms with E-state index in [9.17, 15) is 14.3 Å². The number of fused-ring (bicyclic) bond motifs is 1. The molecule has 0 radical (unpaired) electrons. The topological polar surface area (TPSA) is 40.5 Å². The van der Waals surface area contributed by atoms with E-state index in [0.717, 1.165) is 22.9 Å². The Bertz CT molecular complexity index is 701. The summed E-state index contributed by atoms with van der Waals surface area (Å²) < 4.78 is 14.1. The Morgan fingerprint density at radius 2 is 2.10 bits per heavy atom. The predicted octanol–water partition coefficient (Wildman–Crippen LogP) is 2.64. The summed E-state index contributed by atoms with van der Waals surface area (Å²) in [6.07, 6.45) is 2.14. The van der Waals surface area contributed by atoms with E-state index in [1.807, 2.05) is 0 Å². The molecule has 1 amide bonds. The number of nitrogens with zero attached hydrogens (tertiary/aromatic N) is 1. The van der Waals surface area contributed by atoms with E-state index >= 15 is 0 Å². The lowest BCUT2D eigenvalue weighted by atomic mass is 9.88. The van der Waals surface area contributed by atoms with Gasteiger partial charge in [-0.1, -0.05) is 0 Å². The molecular formula is C15H14FNO2S. The van der Waals surface area contributed by atoms with Crippen molar-refractivity contribution in [1.82, 2.24) is 4.90 Å². The van der Waals surface area contributed by atoms with E-state index in [-0.39, 0.29) is 11.7 Å². The summed E-state index contributed by atoms with van der Waals surface area (Å²) in [4.78, 5) is 14.6. The molecule has 2 heterocycles. The van der Waals surface area contributed by atoms with Crippen LogP contribution in [0.15, 0.2) is 24.3 Å². The number of benzene rings is 1. The number of rotatable bonds is 2. The van der Waals surface area contributed by atoms with Crippen molar-refractivity contribution >= 4 is 27.3 Å². The molecule has 1 aromatic carbocycles. The van der Waals surface area contributed by atoms with Gasteiger partial charge in [-0.3, -0.25) is 4.79 Å². The van der Waals surface area contributed by atoms with Gasteiger partial charge in [-0.25, -0.2) is 4.39 Å². The van der Waals surface area contributed by atoms with Crippen molar-refractivity contribution in [3.63, 3.8) is 0 Å². The van der Waals surface area contributed by atoms with E-state index in [2.05, 4.69) is 0 Å². The van der Waals surface area contributed by atoms with Gasteiger partial charge >= 0.3 is 0 Å². The lowest BCUT2D eigenvalue weighted by Crippen LogP contribution is -2.64. The van der Waals surface area contributed by atoms with Crippen molar-refractivity contribution in [2.75, 3.05) is 13.1 Å². The number of hydrogen-bond acceptors (Lipinski definition) is 3. The molecule has 1 aliphatic heterocycles. The Kier molecular flexibility index (Phi) is 2.47. The van der Waals surface area contributed by atoms with Gasteiger partial charge in [0.2, 0.25) is 0 Å². The van der Waals surface area contributed by atoms with Crippen molar-refractivity contribution < 1.29 is 14.3 Å². The molecule has 0 spiro atoms. The van der Waals surface area contributed by atoms with Crippen LogP contribution >= 0.6 is 11.3 Å². The molecule has 1 saturated carbocycles. The number of halogens is 1. The van der Waals surface area contributed by atoms with Gasteiger partial charge < -0.3 is 10.0 Å². The van der Waals surface area contributed by atoms with E-state index in [1.54, 1.807) is 17.0 Å². The Hall–Kier alpha value is -1.46. The molecule has 2 aliphatic rings. The highest BCUT2D eigenvalue weighted by Gasteiger charge is 2.53.